The van der Waals surface area contributed by atoms with E-state index in [9.17, 15) is 4.79 Å². The second-order valence-corrected chi connectivity index (χ2v) is 7.06. The monoisotopic (exact) mass is 316 g/mol. The minimum absolute atomic E-state index is 0.103. The summed E-state index contributed by atoms with van der Waals surface area (Å²) in [6.45, 7) is 6.05. The van der Waals surface area contributed by atoms with E-state index in [4.69, 9.17) is 14.2 Å². The van der Waals surface area contributed by atoms with Gasteiger partial charge in [-0.2, -0.15) is 0 Å². The topological polar surface area (TPSA) is 44.8 Å². The lowest BCUT2D eigenvalue weighted by atomic mass is 9.65. The summed E-state index contributed by atoms with van der Waals surface area (Å²) in [6.07, 6.45) is 3.73. The smallest absolute Gasteiger partial charge is 0.190 e. The van der Waals surface area contributed by atoms with Crippen molar-refractivity contribution >= 4 is 11.9 Å². The van der Waals surface area contributed by atoms with E-state index >= 15 is 0 Å². The van der Waals surface area contributed by atoms with Gasteiger partial charge in [0.25, 0.3) is 0 Å². The first-order valence-electron chi connectivity index (χ1n) is 7.99. The van der Waals surface area contributed by atoms with Gasteiger partial charge in [-0.25, -0.2) is 0 Å². The van der Waals surface area contributed by atoms with Crippen LogP contribution in [0.1, 0.15) is 39.2 Å². The number of benzene rings is 1. The fourth-order valence-corrected chi connectivity index (χ4v) is 3.89. The van der Waals surface area contributed by atoms with Crippen molar-refractivity contribution in [2.24, 2.45) is 5.92 Å². The van der Waals surface area contributed by atoms with Crippen molar-refractivity contribution in [3.63, 3.8) is 0 Å². The van der Waals surface area contributed by atoms with Crippen molar-refractivity contribution in [2.75, 3.05) is 14.2 Å². The minimum Gasteiger partial charge on any atom is -0.497 e. The summed E-state index contributed by atoms with van der Waals surface area (Å²) in [6, 6.07) is 5.64. The molecule has 3 aliphatic rings. The van der Waals surface area contributed by atoms with Crippen molar-refractivity contribution in [3.8, 4) is 11.5 Å². The Morgan fingerprint density at radius 3 is 2.57 bits per heavy atom. The molecular formula is C19H24O4. The van der Waals surface area contributed by atoms with Gasteiger partial charge in [-0.1, -0.05) is 0 Å². The maximum Gasteiger partial charge on any atom is 0.190 e. The molecule has 3 fully saturated rings. The number of ketones is 1. The first kappa shape index (κ1) is 16.1. The summed E-state index contributed by atoms with van der Waals surface area (Å²) >= 11 is 0. The number of ether oxygens (including phenoxy) is 3. The molecule has 0 aromatic heterocycles. The number of hydrogen-bond acceptors (Lipinski definition) is 4. The molecule has 2 heterocycles. The molecule has 1 saturated carbocycles. The number of methoxy groups -OCH3 is 2. The summed E-state index contributed by atoms with van der Waals surface area (Å²) in [4.78, 5) is 12.9. The molecule has 0 N–H and O–H groups in total. The zero-order valence-corrected chi connectivity index (χ0v) is 14.4. The van der Waals surface area contributed by atoms with Crippen LogP contribution >= 0.6 is 0 Å². The van der Waals surface area contributed by atoms with Crippen LogP contribution in [0.3, 0.4) is 0 Å². The Morgan fingerprint density at radius 2 is 1.96 bits per heavy atom. The molecule has 2 saturated heterocycles. The number of Topliss-reactive ketones (excluding diaryl/α,β-unsaturated/α-hetero) is 1. The zero-order chi connectivity index (χ0) is 16.8. The number of carbonyl (C=O) groups excluding carboxylic acids is 1. The number of carbonyl (C=O) groups is 1. The van der Waals surface area contributed by atoms with E-state index in [1.165, 1.54) is 0 Å². The van der Waals surface area contributed by atoms with Crippen molar-refractivity contribution in [2.45, 2.75) is 44.8 Å². The van der Waals surface area contributed by atoms with Crippen LogP contribution in [-0.4, -0.2) is 31.2 Å². The zero-order valence-electron chi connectivity index (χ0n) is 14.4. The Kier molecular flexibility index (Phi) is 3.75. The number of rotatable bonds is 3. The van der Waals surface area contributed by atoms with E-state index in [1.807, 2.05) is 31.2 Å². The van der Waals surface area contributed by atoms with Crippen LogP contribution in [0.25, 0.3) is 6.08 Å². The Morgan fingerprint density at radius 1 is 1.22 bits per heavy atom. The van der Waals surface area contributed by atoms with Gasteiger partial charge in [-0.05, 0) is 51.8 Å². The standard InChI is InChI=1S/C19H24O4/c1-18(2)15-8-9-19(3,23-18)17(20)14(15)10-12-6-7-13(21-4)11-16(12)22-5/h6-7,10-11,15H,8-9H2,1-5H3/b14-10-. The summed E-state index contributed by atoms with van der Waals surface area (Å²) in [5.41, 5.74) is 0.707. The average molecular weight is 316 g/mol. The molecule has 4 rings (SSSR count). The summed E-state index contributed by atoms with van der Waals surface area (Å²) in [5, 5.41) is 0. The SMILES string of the molecule is COc1ccc(/C=C2\C(=O)C3(C)CCC2C(C)(C)O3)c(OC)c1. The molecule has 2 unspecified atom stereocenters. The first-order chi connectivity index (χ1) is 10.8. The van der Waals surface area contributed by atoms with E-state index in [2.05, 4.69) is 13.8 Å². The van der Waals surface area contributed by atoms with Gasteiger partial charge in [0.1, 0.15) is 17.1 Å². The van der Waals surface area contributed by atoms with Crippen molar-refractivity contribution in [1.82, 2.24) is 0 Å². The predicted molar refractivity (Wildman–Crippen MR) is 88.8 cm³/mol. The van der Waals surface area contributed by atoms with Crippen molar-refractivity contribution < 1.29 is 19.0 Å². The molecule has 0 radical (unpaired) electrons. The largest absolute Gasteiger partial charge is 0.497 e. The lowest BCUT2D eigenvalue weighted by Gasteiger charge is -2.53. The first-order valence-corrected chi connectivity index (χ1v) is 7.99. The highest BCUT2D eigenvalue weighted by Gasteiger charge is 2.56. The summed E-state index contributed by atoms with van der Waals surface area (Å²) in [7, 11) is 3.25. The van der Waals surface area contributed by atoms with Gasteiger partial charge in [0.15, 0.2) is 5.78 Å². The Hall–Kier alpha value is -1.81. The fourth-order valence-electron chi connectivity index (χ4n) is 3.89. The molecule has 2 atom stereocenters. The molecule has 2 aliphatic heterocycles. The van der Waals surface area contributed by atoms with E-state index in [0.717, 1.165) is 29.7 Å². The molecule has 4 nitrogen and oxygen atoms in total. The van der Waals surface area contributed by atoms with Gasteiger partial charge in [-0.15, -0.1) is 0 Å². The molecule has 23 heavy (non-hydrogen) atoms. The third-order valence-corrected chi connectivity index (χ3v) is 5.11. The molecule has 1 aromatic rings. The molecule has 0 spiro atoms. The van der Waals surface area contributed by atoms with E-state index < -0.39 is 5.60 Å². The van der Waals surface area contributed by atoms with E-state index in [1.54, 1.807) is 14.2 Å². The van der Waals surface area contributed by atoms with Gasteiger partial charge < -0.3 is 14.2 Å². The van der Waals surface area contributed by atoms with E-state index in [0.29, 0.717) is 5.75 Å². The highest BCUT2D eigenvalue weighted by atomic mass is 16.5. The van der Waals surface area contributed by atoms with E-state index in [-0.39, 0.29) is 17.3 Å². The Labute approximate surface area is 137 Å². The average Bonchev–Trinajstić information content (AvgIpc) is 2.50. The van der Waals surface area contributed by atoms with Gasteiger partial charge in [-0.3, -0.25) is 4.79 Å². The Balaban J connectivity index is 2.07. The van der Waals surface area contributed by atoms with Crippen LogP contribution in [-0.2, 0) is 9.53 Å². The molecule has 0 amide bonds. The van der Waals surface area contributed by atoms with Gasteiger partial charge in [0, 0.05) is 23.1 Å². The molecule has 1 aromatic carbocycles. The highest BCUT2D eigenvalue weighted by molar-refractivity contribution is 6.07. The van der Waals surface area contributed by atoms with Gasteiger partial charge in [0.2, 0.25) is 0 Å². The molecule has 124 valence electrons. The van der Waals surface area contributed by atoms with Gasteiger partial charge in [0.05, 0.1) is 19.8 Å². The molecule has 2 bridgehead atoms. The third-order valence-electron chi connectivity index (χ3n) is 5.11. The number of hydrogen-bond donors (Lipinski definition) is 0. The second-order valence-electron chi connectivity index (χ2n) is 7.06. The Bertz CT molecular complexity index is 674. The predicted octanol–water partition coefficient (Wildman–Crippen LogP) is 3.63. The van der Waals surface area contributed by atoms with Crippen LogP contribution in [0.15, 0.2) is 23.8 Å². The fraction of sp³-hybridized carbons (Fsp3) is 0.526. The molecule has 1 aliphatic carbocycles. The van der Waals surface area contributed by atoms with Crippen LogP contribution in [0.2, 0.25) is 0 Å². The normalized spacial score (nSPS) is 30.6. The van der Waals surface area contributed by atoms with Crippen LogP contribution in [0.4, 0.5) is 0 Å². The van der Waals surface area contributed by atoms with Crippen LogP contribution < -0.4 is 9.47 Å². The van der Waals surface area contributed by atoms with Crippen molar-refractivity contribution in [3.05, 3.63) is 29.3 Å². The summed E-state index contributed by atoms with van der Waals surface area (Å²) < 4.78 is 16.8. The lowest BCUT2D eigenvalue weighted by Crippen LogP contribution is -2.60. The van der Waals surface area contributed by atoms with Crippen LogP contribution in [0.5, 0.6) is 11.5 Å². The highest BCUT2D eigenvalue weighted by Crippen LogP contribution is 2.51. The second kappa shape index (κ2) is 5.38. The quantitative estimate of drug-likeness (QED) is 0.799. The molecular weight excluding hydrogens is 292 g/mol. The maximum absolute atomic E-state index is 12.9. The maximum atomic E-state index is 12.9. The third kappa shape index (κ3) is 2.55. The lowest BCUT2D eigenvalue weighted by molar-refractivity contribution is -0.206. The van der Waals surface area contributed by atoms with Gasteiger partial charge >= 0.3 is 0 Å². The van der Waals surface area contributed by atoms with Crippen molar-refractivity contribution in [1.29, 1.82) is 0 Å². The summed E-state index contributed by atoms with van der Waals surface area (Å²) in [5.74, 6) is 1.65. The van der Waals surface area contributed by atoms with Crippen LogP contribution in [0, 0.1) is 5.92 Å². The molecule has 4 heteroatoms. The minimum atomic E-state index is -0.705. The number of fused-ring (bicyclic) bond motifs is 3.